The number of rotatable bonds is 6. The molecule has 2 aromatic rings. The van der Waals surface area contributed by atoms with Crippen molar-refractivity contribution in [2.45, 2.75) is 11.5 Å². The molecule has 0 aromatic heterocycles. The van der Waals surface area contributed by atoms with Gasteiger partial charge in [-0.3, -0.25) is 15.6 Å². The van der Waals surface area contributed by atoms with Crippen LogP contribution in [-0.4, -0.2) is 16.1 Å². The summed E-state index contributed by atoms with van der Waals surface area (Å²) in [4.78, 5) is 13.1. The van der Waals surface area contributed by atoms with Crippen LogP contribution in [0.15, 0.2) is 42.5 Å². The van der Waals surface area contributed by atoms with Crippen LogP contribution in [0.3, 0.4) is 0 Å². The van der Waals surface area contributed by atoms with Gasteiger partial charge in [-0.2, -0.15) is 0 Å². The molecule has 0 bridgehead atoms. The van der Waals surface area contributed by atoms with Gasteiger partial charge in [-0.25, -0.2) is 0 Å². The van der Waals surface area contributed by atoms with E-state index in [0.717, 1.165) is 22.9 Å². The molecule has 6 N–H and O–H groups in total. The predicted molar refractivity (Wildman–Crippen MR) is 128 cm³/mol. The summed E-state index contributed by atoms with van der Waals surface area (Å²) in [6, 6.07) is 12.3. The van der Waals surface area contributed by atoms with Crippen LogP contribution in [0.4, 0.5) is 0 Å². The Morgan fingerprint density at radius 2 is 1.41 bits per heavy atom. The molecular formula is C17H19Br2ClN4OS2. The van der Waals surface area contributed by atoms with Gasteiger partial charge in [0, 0.05) is 27.7 Å². The van der Waals surface area contributed by atoms with Crippen LogP contribution in [0, 0.1) is 10.8 Å². The highest BCUT2D eigenvalue weighted by molar-refractivity contribution is 8.93. The first-order valence-corrected chi connectivity index (χ1v) is 9.58. The zero-order valence-electron chi connectivity index (χ0n) is 14.0. The van der Waals surface area contributed by atoms with Crippen LogP contribution < -0.4 is 11.5 Å². The minimum Gasteiger partial charge on any atom is -0.379 e. The molecule has 0 aliphatic carbocycles. The van der Waals surface area contributed by atoms with Crippen molar-refractivity contribution < 1.29 is 4.79 Å². The highest BCUT2D eigenvalue weighted by atomic mass is 79.9. The molecule has 146 valence electrons. The Morgan fingerprint density at radius 1 is 0.889 bits per heavy atom. The second-order valence-corrected chi connectivity index (χ2v) is 7.56. The quantitative estimate of drug-likeness (QED) is 0.228. The second kappa shape index (κ2) is 12.5. The van der Waals surface area contributed by atoms with Crippen LogP contribution in [-0.2, 0) is 11.5 Å². The van der Waals surface area contributed by atoms with Crippen molar-refractivity contribution in [2.75, 3.05) is 0 Å². The third-order valence-corrected chi connectivity index (χ3v) is 5.11. The SMILES string of the molecule is Br.Br.N=C(N)SCc1ccccc1C(=O)c1ccc(Cl)cc1CSC(=N)N. The number of carbonyl (C=O) groups is 1. The number of nitrogens with two attached hydrogens (primary N) is 2. The van der Waals surface area contributed by atoms with Crippen molar-refractivity contribution in [1.82, 2.24) is 0 Å². The Labute approximate surface area is 192 Å². The van der Waals surface area contributed by atoms with Gasteiger partial charge in [0.05, 0.1) is 0 Å². The Bertz CT molecular complexity index is 836. The van der Waals surface area contributed by atoms with Gasteiger partial charge >= 0.3 is 0 Å². The van der Waals surface area contributed by atoms with Crippen molar-refractivity contribution in [3.8, 4) is 0 Å². The number of carbonyl (C=O) groups excluding carboxylic acids is 1. The average molecular weight is 555 g/mol. The summed E-state index contributed by atoms with van der Waals surface area (Å²) in [6.07, 6.45) is 0. The van der Waals surface area contributed by atoms with Gasteiger partial charge in [0.2, 0.25) is 0 Å². The zero-order valence-corrected chi connectivity index (χ0v) is 19.8. The Balaban J connectivity index is 0.00000338. The maximum atomic E-state index is 13.1. The molecule has 0 heterocycles. The molecule has 5 nitrogen and oxygen atoms in total. The van der Waals surface area contributed by atoms with Crippen LogP contribution in [0.5, 0.6) is 0 Å². The average Bonchev–Trinajstić information content (AvgIpc) is 2.58. The van der Waals surface area contributed by atoms with Crippen molar-refractivity contribution in [3.63, 3.8) is 0 Å². The summed E-state index contributed by atoms with van der Waals surface area (Å²) >= 11 is 8.36. The summed E-state index contributed by atoms with van der Waals surface area (Å²) in [6.45, 7) is 0. The molecule has 0 spiro atoms. The Hall–Kier alpha value is -1.00. The summed E-state index contributed by atoms with van der Waals surface area (Å²) in [5.74, 6) is 0.708. The van der Waals surface area contributed by atoms with Crippen LogP contribution in [0.1, 0.15) is 27.0 Å². The molecule has 0 saturated carbocycles. The summed E-state index contributed by atoms with van der Waals surface area (Å²) in [5.41, 5.74) is 13.4. The molecule has 2 rings (SSSR count). The lowest BCUT2D eigenvalue weighted by Crippen LogP contribution is -2.10. The van der Waals surface area contributed by atoms with Gasteiger partial charge in [-0.05, 0) is 29.3 Å². The van der Waals surface area contributed by atoms with E-state index in [1.54, 1.807) is 30.3 Å². The lowest BCUT2D eigenvalue weighted by atomic mass is 9.96. The van der Waals surface area contributed by atoms with Gasteiger partial charge in [-0.15, -0.1) is 34.0 Å². The third-order valence-electron chi connectivity index (χ3n) is 3.34. The Morgan fingerprint density at radius 3 is 2.00 bits per heavy atom. The number of ketones is 1. The second-order valence-electron chi connectivity index (χ2n) is 5.09. The van der Waals surface area contributed by atoms with E-state index >= 15 is 0 Å². The minimum atomic E-state index is -0.129. The van der Waals surface area contributed by atoms with Gasteiger partial charge < -0.3 is 11.5 Å². The van der Waals surface area contributed by atoms with Gasteiger partial charge in [0.1, 0.15) is 0 Å². The number of hydrogen-bond acceptors (Lipinski definition) is 5. The summed E-state index contributed by atoms with van der Waals surface area (Å²) in [7, 11) is 0. The standard InChI is InChI=1S/C17H17ClN4OS2.2BrH/c18-12-5-6-14(11(7-12)9-25-17(21)22)15(23)13-4-2-1-3-10(13)8-24-16(19)20;;/h1-7H,8-9H2,(H3,19,20)(H3,21,22);2*1H. The van der Waals surface area contributed by atoms with E-state index in [1.807, 2.05) is 12.1 Å². The Kier molecular flexibility index (Phi) is 12.0. The van der Waals surface area contributed by atoms with Crippen LogP contribution >= 0.6 is 69.1 Å². The number of amidine groups is 2. The fraction of sp³-hybridized carbons (Fsp3) is 0.118. The molecule has 0 atom stereocenters. The highest BCUT2D eigenvalue weighted by Crippen LogP contribution is 2.25. The molecule has 0 radical (unpaired) electrons. The first kappa shape index (κ1) is 26.0. The van der Waals surface area contributed by atoms with E-state index in [9.17, 15) is 4.79 Å². The minimum absolute atomic E-state index is 0. The van der Waals surface area contributed by atoms with Gasteiger partial charge in [-0.1, -0.05) is 59.4 Å². The topological polar surface area (TPSA) is 117 Å². The summed E-state index contributed by atoms with van der Waals surface area (Å²) < 4.78 is 0. The van der Waals surface area contributed by atoms with Crippen molar-refractivity contribution >= 4 is 85.2 Å². The fourth-order valence-electron chi connectivity index (χ4n) is 2.23. The number of hydrogen-bond donors (Lipinski definition) is 4. The number of thioether (sulfide) groups is 2. The van der Waals surface area contributed by atoms with Crippen LogP contribution in [0.2, 0.25) is 5.02 Å². The number of nitrogens with one attached hydrogen (secondary N) is 2. The van der Waals surface area contributed by atoms with E-state index in [4.69, 9.17) is 33.9 Å². The molecule has 10 heteroatoms. The fourth-order valence-corrected chi connectivity index (χ4v) is 3.53. The number of halogens is 3. The molecule has 0 saturated heterocycles. The first-order chi connectivity index (χ1) is 11.9. The van der Waals surface area contributed by atoms with Crippen molar-refractivity contribution in [1.29, 1.82) is 10.8 Å². The summed E-state index contributed by atoms with van der Waals surface area (Å²) in [5, 5.41) is 15.2. The molecule has 0 unspecified atom stereocenters. The van der Waals surface area contributed by atoms with E-state index in [2.05, 4.69) is 0 Å². The van der Waals surface area contributed by atoms with Crippen molar-refractivity contribution in [2.24, 2.45) is 11.5 Å². The highest BCUT2D eigenvalue weighted by Gasteiger charge is 2.17. The maximum absolute atomic E-state index is 13.1. The largest absolute Gasteiger partial charge is 0.379 e. The van der Waals surface area contributed by atoms with Gasteiger partial charge in [0.15, 0.2) is 16.1 Å². The molecule has 0 aliphatic rings. The van der Waals surface area contributed by atoms with E-state index in [0.29, 0.717) is 27.7 Å². The number of benzene rings is 2. The lowest BCUT2D eigenvalue weighted by Gasteiger charge is -2.12. The zero-order chi connectivity index (χ0) is 18.4. The molecule has 2 aromatic carbocycles. The first-order valence-electron chi connectivity index (χ1n) is 7.23. The van der Waals surface area contributed by atoms with E-state index in [1.165, 1.54) is 11.8 Å². The molecule has 0 fully saturated rings. The third kappa shape index (κ3) is 7.87. The lowest BCUT2D eigenvalue weighted by molar-refractivity contribution is 0.103. The normalized spacial score (nSPS) is 9.67. The smallest absolute Gasteiger partial charge is 0.193 e. The monoisotopic (exact) mass is 552 g/mol. The predicted octanol–water partition coefficient (Wildman–Crippen LogP) is 4.98. The molecule has 0 aliphatic heterocycles. The van der Waals surface area contributed by atoms with Gasteiger partial charge in [0.25, 0.3) is 0 Å². The van der Waals surface area contributed by atoms with E-state index in [-0.39, 0.29) is 50.1 Å². The van der Waals surface area contributed by atoms with Crippen LogP contribution in [0.25, 0.3) is 0 Å². The molecule has 0 amide bonds. The molecule has 27 heavy (non-hydrogen) atoms. The molecular weight excluding hydrogens is 536 g/mol. The van der Waals surface area contributed by atoms with E-state index < -0.39 is 0 Å². The maximum Gasteiger partial charge on any atom is 0.193 e. The van der Waals surface area contributed by atoms with Crippen molar-refractivity contribution in [3.05, 3.63) is 69.7 Å².